The Morgan fingerprint density at radius 3 is 2.24 bits per heavy atom. The van der Waals surface area contributed by atoms with E-state index in [9.17, 15) is 22.0 Å². The van der Waals surface area contributed by atoms with Gasteiger partial charge in [-0.1, -0.05) is 0 Å². The van der Waals surface area contributed by atoms with Crippen LogP contribution in [0.5, 0.6) is 5.75 Å². The first-order chi connectivity index (χ1) is 11.8. The molecule has 6 nitrogen and oxygen atoms in total. The molecule has 0 saturated heterocycles. The summed E-state index contributed by atoms with van der Waals surface area (Å²) in [4.78, 5) is 11.4. The molecule has 0 aliphatic carbocycles. The molecule has 0 aromatic heterocycles. The molecule has 25 heavy (non-hydrogen) atoms. The van der Waals surface area contributed by atoms with Gasteiger partial charge >= 0.3 is 5.97 Å². The van der Waals surface area contributed by atoms with Gasteiger partial charge < -0.3 is 9.47 Å². The van der Waals surface area contributed by atoms with Crippen LogP contribution in [0.15, 0.2) is 47.4 Å². The first kappa shape index (κ1) is 18.7. The van der Waals surface area contributed by atoms with Crippen molar-refractivity contribution in [3.63, 3.8) is 0 Å². The predicted molar refractivity (Wildman–Crippen MR) is 85.9 cm³/mol. The number of hydrogen-bond acceptors (Lipinski definition) is 5. The summed E-state index contributed by atoms with van der Waals surface area (Å²) in [5, 5.41) is 0. The Balaban J connectivity index is 2.54. The van der Waals surface area contributed by atoms with Gasteiger partial charge in [-0.3, -0.25) is 9.10 Å². The zero-order valence-corrected chi connectivity index (χ0v) is 14.2. The summed E-state index contributed by atoms with van der Waals surface area (Å²) in [6, 6.07) is 7.68. The number of carbonyl (C=O) groups is 1. The van der Waals surface area contributed by atoms with Crippen molar-refractivity contribution in [1.82, 2.24) is 0 Å². The average molecular weight is 371 g/mol. The molecule has 0 saturated carbocycles. The number of esters is 1. The van der Waals surface area contributed by atoms with Crippen LogP contribution in [-0.4, -0.2) is 35.2 Å². The highest BCUT2D eigenvalue weighted by atomic mass is 32.2. The Morgan fingerprint density at radius 2 is 1.72 bits per heavy atom. The highest BCUT2D eigenvalue weighted by Gasteiger charge is 2.29. The molecular formula is C16H15F2NO5S. The van der Waals surface area contributed by atoms with Crippen molar-refractivity contribution in [2.24, 2.45) is 0 Å². The van der Waals surface area contributed by atoms with Gasteiger partial charge in [0.15, 0.2) is 0 Å². The van der Waals surface area contributed by atoms with E-state index in [-0.39, 0.29) is 4.90 Å². The topological polar surface area (TPSA) is 72.9 Å². The molecule has 0 radical (unpaired) electrons. The summed E-state index contributed by atoms with van der Waals surface area (Å²) < 4.78 is 62.9. The third kappa shape index (κ3) is 4.05. The van der Waals surface area contributed by atoms with Gasteiger partial charge in [-0.2, -0.15) is 0 Å². The Bertz CT molecular complexity index is 869. The number of benzene rings is 2. The van der Waals surface area contributed by atoms with Crippen LogP contribution in [0, 0.1) is 11.6 Å². The molecule has 2 aromatic carbocycles. The summed E-state index contributed by atoms with van der Waals surface area (Å²) >= 11 is 0. The molecule has 0 aliphatic heterocycles. The predicted octanol–water partition coefficient (Wildman–Crippen LogP) is 2.34. The fraction of sp³-hybridized carbons (Fsp3) is 0.188. The average Bonchev–Trinajstić information content (AvgIpc) is 2.60. The molecule has 0 spiro atoms. The highest BCUT2D eigenvalue weighted by molar-refractivity contribution is 7.92. The van der Waals surface area contributed by atoms with Crippen LogP contribution in [0.4, 0.5) is 14.5 Å². The van der Waals surface area contributed by atoms with Crippen LogP contribution in [0.25, 0.3) is 0 Å². The molecule has 9 heteroatoms. The van der Waals surface area contributed by atoms with Gasteiger partial charge in [-0.05, 0) is 36.4 Å². The van der Waals surface area contributed by atoms with E-state index in [0.29, 0.717) is 16.1 Å². The Labute approximate surface area is 143 Å². The number of sulfonamides is 1. The molecule has 0 unspecified atom stereocenters. The summed E-state index contributed by atoms with van der Waals surface area (Å²) in [7, 11) is -1.82. The highest BCUT2D eigenvalue weighted by Crippen LogP contribution is 2.27. The molecule has 0 bridgehead atoms. The van der Waals surface area contributed by atoms with Crippen molar-refractivity contribution in [3.8, 4) is 5.75 Å². The fourth-order valence-corrected chi connectivity index (χ4v) is 3.46. The first-order valence-electron chi connectivity index (χ1n) is 6.98. The lowest BCUT2D eigenvalue weighted by Crippen LogP contribution is -2.37. The van der Waals surface area contributed by atoms with E-state index in [1.807, 2.05) is 0 Å². The molecule has 2 aromatic rings. The number of halogens is 2. The smallest absolute Gasteiger partial charge is 0.326 e. The maximum atomic E-state index is 14.1. The van der Waals surface area contributed by atoms with E-state index >= 15 is 0 Å². The van der Waals surface area contributed by atoms with Crippen molar-refractivity contribution in [2.45, 2.75) is 4.90 Å². The fourth-order valence-electron chi connectivity index (χ4n) is 2.04. The van der Waals surface area contributed by atoms with Gasteiger partial charge in [-0.15, -0.1) is 0 Å². The van der Waals surface area contributed by atoms with Crippen molar-refractivity contribution in [2.75, 3.05) is 25.1 Å². The number of hydrogen-bond donors (Lipinski definition) is 0. The van der Waals surface area contributed by atoms with Gasteiger partial charge in [0.2, 0.25) is 0 Å². The molecule has 0 heterocycles. The third-order valence-electron chi connectivity index (χ3n) is 3.33. The minimum absolute atomic E-state index is 0.194. The third-order valence-corrected chi connectivity index (χ3v) is 5.10. The van der Waals surface area contributed by atoms with Crippen molar-refractivity contribution in [3.05, 3.63) is 54.1 Å². The maximum absolute atomic E-state index is 14.1. The lowest BCUT2D eigenvalue weighted by molar-refractivity contribution is -0.138. The van der Waals surface area contributed by atoms with Gasteiger partial charge in [0.05, 0.1) is 24.8 Å². The van der Waals surface area contributed by atoms with E-state index < -0.39 is 39.9 Å². The second-order valence-electron chi connectivity index (χ2n) is 4.86. The van der Waals surface area contributed by atoms with Crippen molar-refractivity contribution in [1.29, 1.82) is 0 Å². The standard InChI is InChI=1S/C16H15F2NO5S/c1-23-12-4-6-13(7-5-12)25(21,22)19(10-16(20)24-2)15-8-3-11(17)9-14(15)18/h3-9H,10H2,1-2H3. The number of nitrogens with zero attached hydrogens (tertiary/aromatic N) is 1. The monoisotopic (exact) mass is 371 g/mol. The van der Waals surface area contributed by atoms with Gasteiger partial charge in [0.25, 0.3) is 10.0 Å². The minimum atomic E-state index is -4.31. The Hall–Kier alpha value is -2.68. The molecular weight excluding hydrogens is 356 g/mol. The summed E-state index contributed by atoms with van der Waals surface area (Å²) in [5.41, 5.74) is -0.470. The number of rotatable bonds is 6. The van der Waals surface area contributed by atoms with Crippen LogP contribution in [0.3, 0.4) is 0 Å². The number of ether oxygens (including phenoxy) is 2. The van der Waals surface area contributed by atoms with Crippen LogP contribution >= 0.6 is 0 Å². The minimum Gasteiger partial charge on any atom is -0.497 e. The second-order valence-corrected chi connectivity index (χ2v) is 6.72. The van der Waals surface area contributed by atoms with Gasteiger partial charge in [-0.25, -0.2) is 17.2 Å². The normalized spacial score (nSPS) is 11.0. The summed E-state index contributed by atoms with van der Waals surface area (Å²) in [6.07, 6.45) is 0. The number of carbonyl (C=O) groups excluding carboxylic acids is 1. The SMILES string of the molecule is COC(=O)CN(c1ccc(F)cc1F)S(=O)(=O)c1ccc(OC)cc1. The molecule has 0 N–H and O–H groups in total. The molecule has 0 fully saturated rings. The molecule has 0 amide bonds. The Kier molecular flexibility index (Phi) is 5.58. The molecule has 2 rings (SSSR count). The van der Waals surface area contributed by atoms with Crippen LogP contribution in [0.1, 0.15) is 0 Å². The van der Waals surface area contributed by atoms with E-state index in [2.05, 4.69) is 4.74 Å². The van der Waals surface area contributed by atoms with E-state index in [0.717, 1.165) is 19.2 Å². The number of anilines is 1. The molecule has 134 valence electrons. The molecule has 0 atom stereocenters. The second kappa shape index (κ2) is 7.47. The van der Waals surface area contributed by atoms with E-state index in [1.165, 1.54) is 31.4 Å². The van der Waals surface area contributed by atoms with Gasteiger partial charge in [0, 0.05) is 6.07 Å². The summed E-state index contributed by atoms with van der Waals surface area (Å²) in [5.74, 6) is -2.48. The zero-order chi connectivity index (χ0) is 18.6. The largest absolute Gasteiger partial charge is 0.497 e. The number of methoxy groups -OCH3 is 2. The van der Waals surface area contributed by atoms with Crippen LogP contribution in [0.2, 0.25) is 0 Å². The molecule has 0 aliphatic rings. The lowest BCUT2D eigenvalue weighted by atomic mass is 10.3. The van der Waals surface area contributed by atoms with Crippen molar-refractivity contribution >= 4 is 21.7 Å². The Morgan fingerprint density at radius 1 is 1.08 bits per heavy atom. The summed E-state index contributed by atoms with van der Waals surface area (Å²) in [6.45, 7) is -0.770. The maximum Gasteiger partial charge on any atom is 0.326 e. The quantitative estimate of drug-likeness (QED) is 0.729. The van der Waals surface area contributed by atoms with Crippen molar-refractivity contribution < 1.29 is 31.5 Å². The van der Waals surface area contributed by atoms with Crippen LogP contribution in [-0.2, 0) is 19.6 Å². The first-order valence-corrected chi connectivity index (χ1v) is 8.42. The zero-order valence-electron chi connectivity index (χ0n) is 13.4. The lowest BCUT2D eigenvalue weighted by Gasteiger charge is -2.23. The van der Waals surface area contributed by atoms with E-state index in [4.69, 9.17) is 4.74 Å². The van der Waals surface area contributed by atoms with Gasteiger partial charge in [0.1, 0.15) is 23.9 Å². The van der Waals surface area contributed by atoms with E-state index in [1.54, 1.807) is 0 Å². The van der Waals surface area contributed by atoms with Crippen LogP contribution < -0.4 is 9.04 Å².